The van der Waals surface area contributed by atoms with Crippen molar-refractivity contribution < 1.29 is 9.21 Å². The van der Waals surface area contributed by atoms with Crippen LogP contribution in [-0.2, 0) is 17.8 Å². The number of furan rings is 1. The van der Waals surface area contributed by atoms with Crippen molar-refractivity contribution in [1.29, 1.82) is 0 Å². The molecule has 0 N–H and O–H groups in total. The van der Waals surface area contributed by atoms with Gasteiger partial charge in [0.2, 0.25) is 0 Å². The van der Waals surface area contributed by atoms with Crippen molar-refractivity contribution in [1.82, 2.24) is 14.6 Å². The largest absolute Gasteiger partial charge is 0.467 e. The van der Waals surface area contributed by atoms with Crippen LogP contribution in [0.2, 0.25) is 0 Å². The number of hydrazone groups is 1. The fourth-order valence-electron chi connectivity index (χ4n) is 3.88. The fraction of sp³-hybridized carbons (Fsp3) is 0.250. The first-order valence-corrected chi connectivity index (χ1v) is 11.3. The number of fused-ring (bicyclic) bond motifs is 1. The second-order valence-corrected chi connectivity index (χ2v) is 8.96. The molecule has 7 nitrogen and oxygen atoms in total. The van der Waals surface area contributed by atoms with E-state index in [0.29, 0.717) is 22.4 Å². The molecule has 1 unspecified atom stereocenters. The van der Waals surface area contributed by atoms with E-state index < -0.39 is 0 Å². The Hall–Kier alpha value is -3.52. The molecular weight excluding hydrogens is 424 g/mol. The van der Waals surface area contributed by atoms with E-state index in [1.807, 2.05) is 50.2 Å². The van der Waals surface area contributed by atoms with Crippen LogP contribution in [0.3, 0.4) is 0 Å². The third-order valence-electron chi connectivity index (χ3n) is 5.65. The molecule has 0 spiro atoms. The second-order valence-electron chi connectivity index (χ2n) is 7.85. The lowest BCUT2D eigenvalue weighted by Gasteiger charge is -2.20. The van der Waals surface area contributed by atoms with Gasteiger partial charge in [-0.3, -0.25) is 14.2 Å². The van der Waals surface area contributed by atoms with Crippen molar-refractivity contribution in [3.05, 3.63) is 87.2 Å². The highest BCUT2D eigenvalue weighted by molar-refractivity contribution is 7.18. The lowest BCUT2D eigenvalue weighted by atomic mass is 10.0. The molecule has 0 saturated heterocycles. The number of amides is 1. The van der Waals surface area contributed by atoms with E-state index in [2.05, 4.69) is 10.1 Å². The Morgan fingerprint density at radius 3 is 2.78 bits per heavy atom. The lowest BCUT2D eigenvalue weighted by Crippen LogP contribution is -2.33. The van der Waals surface area contributed by atoms with Crippen LogP contribution >= 0.6 is 11.3 Å². The van der Waals surface area contributed by atoms with E-state index in [0.717, 1.165) is 28.1 Å². The Kier molecular flexibility index (Phi) is 5.22. The molecule has 0 radical (unpaired) electrons. The van der Waals surface area contributed by atoms with Gasteiger partial charge >= 0.3 is 0 Å². The highest BCUT2D eigenvalue weighted by Gasteiger charge is 2.35. The van der Waals surface area contributed by atoms with Crippen LogP contribution in [-0.4, -0.2) is 26.2 Å². The minimum atomic E-state index is -0.353. The SMILES string of the molecule is CCc1cc2c(=O)n(CC(=O)N3N=C(c4ccc(C)cc4)CC3c3ccco3)cnc2s1. The average Bonchev–Trinajstić information content (AvgIpc) is 3.55. The molecule has 5 rings (SSSR count). The fourth-order valence-corrected chi connectivity index (χ4v) is 4.80. The molecule has 4 heterocycles. The van der Waals surface area contributed by atoms with Crippen molar-refractivity contribution in [2.45, 2.75) is 39.3 Å². The summed E-state index contributed by atoms with van der Waals surface area (Å²) in [5, 5.41) is 6.63. The quantitative estimate of drug-likeness (QED) is 0.458. The number of hydrogen-bond acceptors (Lipinski definition) is 6. The van der Waals surface area contributed by atoms with Gasteiger partial charge in [0.25, 0.3) is 11.5 Å². The molecule has 0 aliphatic carbocycles. The molecule has 1 amide bonds. The van der Waals surface area contributed by atoms with Crippen LogP contribution in [0.15, 0.2) is 69.4 Å². The van der Waals surface area contributed by atoms with Crippen molar-refractivity contribution in [2.24, 2.45) is 5.10 Å². The van der Waals surface area contributed by atoms with Crippen LogP contribution in [0.1, 0.15) is 41.2 Å². The zero-order valence-electron chi connectivity index (χ0n) is 17.8. The third kappa shape index (κ3) is 3.67. The molecule has 1 aliphatic rings. The number of nitrogens with zero attached hydrogens (tertiary/aromatic N) is 4. The van der Waals surface area contributed by atoms with Gasteiger partial charge in [0.05, 0.1) is 23.7 Å². The average molecular weight is 447 g/mol. The van der Waals surface area contributed by atoms with Crippen LogP contribution < -0.4 is 5.56 Å². The highest BCUT2D eigenvalue weighted by Crippen LogP contribution is 2.33. The minimum Gasteiger partial charge on any atom is -0.467 e. The summed E-state index contributed by atoms with van der Waals surface area (Å²) >= 11 is 1.51. The number of benzene rings is 1. The first kappa shape index (κ1) is 20.4. The van der Waals surface area contributed by atoms with Gasteiger partial charge < -0.3 is 4.42 Å². The van der Waals surface area contributed by atoms with Gasteiger partial charge in [-0.05, 0) is 37.1 Å². The zero-order valence-corrected chi connectivity index (χ0v) is 18.6. The molecular formula is C24H22N4O3S. The predicted molar refractivity (Wildman–Crippen MR) is 124 cm³/mol. The minimum absolute atomic E-state index is 0.138. The van der Waals surface area contributed by atoms with Gasteiger partial charge in [0, 0.05) is 11.3 Å². The molecule has 1 aliphatic heterocycles. The first-order valence-electron chi connectivity index (χ1n) is 10.5. The van der Waals surface area contributed by atoms with Gasteiger partial charge in [0.1, 0.15) is 23.2 Å². The van der Waals surface area contributed by atoms with Gasteiger partial charge in [-0.2, -0.15) is 5.10 Å². The normalized spacial score (nSPS) is 16.0. The number of rotatable bonds is 5. The topological polar surface area (TPSA) is 80.7 Å². The smallest absolute Gasteiger partial charge is 0.263 e. The zero-order chi connectivity index (χ0) is 22.2. The summed E-state index contributed by atoms with van der Waals surface area (Å²) in [5.41, 5.74) is 2.72. The molecule has 3 aromatic heterocycles. The number of thiophene rings is 1. The summed E-state index contributed by atoms with van der Waals surface area (Å²) < 4.78 is 6.96. The molecule has 32 heavy (non-hydrogen) atoms. The molecule has 8 heteroatoms. The summed E-state index contributed by atoms with van der Waals surface area (Å²) in [6.45, 7) is 3.93. The Bertz CT molecular complexity index is 1370. The van der Waals surface area contributed by atoms with Gasteiger partial charge in [0.15, 0.2) is 0 Å². The Labute approximate surface area is 188 Å². The summed E-state index contributed by atoms with van der Waals surface area (Å²) in [6.07, 6.45) is 4.42. The molecule has 1 aromatic carbocycles. The van der Waals surface area contributed by atoms with Gasteiger partial charge in [-0.25, -0.2) is 9.99 Å². The predicted octanol–water partition coefficient (Wildman–Crippen LogP) is 4.30. The number of aromatic nitrogens is 2. The van der Waals surface area contributed by atoms with Crippen LogP contribution in [0.4, 0.5) is 0 Å². The summed E-state index contributed by atoms with van der Waals surface area (Å²) in [6, 6.07) is 13.2. The first-order chi connectivity index (χ1) is 15.5. The maximum absolute atomic E-state index is 13.3. The monoisotopic (exact) mass is 446 g/mol. The summed E-state index contributed by atoms with van der Waals surface area (Å²) in [4.78, 5) is 32.4. The molecule has 4 aromatic rings. The molecule has 0 bridgehead atoms. The molecule has 1 atom stereocenters. The Balaban J connectivity index is 1.47. The van der Waals surface area contributed by atoms with E-state index >= 15 is 0 Å². The third-order valence-corrected chi connectivity index (χ3v) is 6.83. The summed E-state index contributed by atoms with van der Waals surface area (Å²) in [7, 11) is 0. The van der Waals surface area contributed by atoms with Crippen LogP contribution in [0, 0.1) is 6.92 Å². The molecule has 0 fully saturated rings. The van der Waals surface area contributed by atoms with Gasteiger partial charge in [-0.15, -0.1) is 11.3 Å². The molecule has 162 valence electrons. The second kappa shape index (κ2) is 8.20. The number of carbonyl (C=O) groups excluding carboxylic acids is 1. The Morgan fingerprint density at radius 1 is 1.25 bits per heavy atom. The van der Waals surface area contributed by atoms with E-state index in [1.165, 1.54) is 27.2 Å². The lowest BCUT2D eigenvalue weighted by molar-refractivity contribution is -0.134. The van der Waals surface area contributed by atoms with Crippen molar-refractivity contribution in [3.63, 3.8) is 0 Å². The van der Waals surface area contributed by atoms with Crippen LogP contribution in [0.25, 0.3) is 10.2 Å². The van der Waals surface area contributed by atoms with E-state index in [-0.39, 0.29) is 24.1 Å². The number of carbonyl (C=O) groups is 1. The summed E-state index contributed by atoms with van der Waals surface area (Å²) in [5.74, 6) is 0.373. The maximum atomic E-state index is 13.3. The van der Waals surface area contributed by atoms with Gasteiger partial charge in [-0.1, -0.05) is 36.8 Å². The highest BCUT2D eigenvalue weighted by atomic mass is 32.1. The van der Waals surface area contributed by atoms with Crippen molar-refractivity contribution in [2.75, 3.05) is 0 Å². The van der Waals surface area contributed by atoms with Crippen molar-refractivity contribution >= 4 is 33.2 Å². The van der Waals surface area contributed by atoms with Crippen LogP contribution in [0.5, 0.6) is 0 Å². The number of hydrogen-bond donors (Lipinski definition) is 0. The molecule has 0 saturated carbocycles. The standard InChI is InChI=1S/C24H22N4O3S/c1-3-17-11-18-23(32-17)25-14-27(24(18)30)13-22(29)28-20(21-5-4-10-31-21)12-19(26-28)16-8-6-15(2)7-9-16/h4-11,14,20H,3,12-13H2,1-2H3. The van der Waals surface area contributed by atoms with Crippen molar-refractivity contribution in [3.8, 4) is 0 Å². The number of aryl methyl sites for hydroxylation is 2. The maximum Gasteiger partial charge on any atom is 0.263 e. The van der Waals surface area contributed by atoms with E-state index in [1.54, 1.807) is 12.3 Å². The van der Waals surface area contributed by atoms with E-state index in [4.69, 9.17) is 4.42 Å². The Morgan fingerprint density at radius 2 is 2.06 bits per heavy atom. The van der Waals surface area contributed by atoms with E-state index in [9.17, 15) is 9.59 Å².